The Morgan fingerprint density at radius 3 is 2.19 bits per heavy atom. The number of likely N-dealkylation sites (tertiary alicyclic amines) is 1. The van der Waals surface area contributed by atoms with Crippen molar-refractivity contribution in [1.29, 1.82) is 0 Å². The van der Waals surface area contributed by atoms with Crippen molar-refractivity contribution in [3.63, 3.8) is 0 Å². The number of carbonyl (C=O) groups excluding carboxylic acids is 2. The average molecular weight is 499 g/mol. The molecular formula is C27H26N6O2S. The molecule has 0 spiro atoms. The normalized spacial score (nSPS) is 16.7. The topological polar surface area (TPSA) is 74.6 Å². The predicted octanol–water partition coefficient (Wildman–Crippen LogP) is 3.28. The first-order chi connectivity index (χ1) is 17.7. The van der Waals surface area contributed by atoms with Crippen molar-refractivity contribution >= 4 is 23.2 Å². The van der Waals surface area contributed by atoms with Crippen LogP contribution >= 0.6 is 11.3 Å². The number of hydrogen-bond acceptors (Lipinski definition) is 6. The van der Waals surface area contributed by atoms with Gasteiger partial charge in [0.25, 0.3) is 11.8 Å². The molecule has 0 aliphatic carbocycles. The van der Waals surface area contributed by atoms with Crippen LogP contribution in [0.3, 0.4) is 0 Å². The molecule has 2 fully saturated rings. The molecule has 4 heterocycles. The van der Waals surface area contributed by atoms with Crippen LogP contribution in [0.2, 0.25) is 0 Å². The zero-order valence-corrected chi connectivity index (χ0v) is 20.6. The molecule has 182 valence electrons. The summed E-state index contributed by atoms with van der Waals surface area (Å²) in [5.74, 6) is 0.0174. The first-order valence-corrected chi connectivity index (χ1v) is 13.0. The molecule has 0 saturated carbocycles. The van der Waals surface area contributed by atoms with Crippen molar-refractivity contribution in [3.8, 4) is 16.9 Å². The number of aromatic nitrogens is 3. The largest absolute Gasteiger partial charge is 0.335 e. The Morgan fingerprint density at radius 2 is 1.53 bits per heavy atom. The second-order valence-electron chi connectivity index (χ2n) is 9.05. The highest BCUT2D eigenvalue weighted by Gasteiger charge is 2.38. The fourth-order valence-corrected chi connectivity index (χ4v) is 5.52. The molecule has 2 amide bonds. The van der Waals surface area contributed by atoms with E-state index >= 15 is 0 Å². The fourth-order valence-electron chi connectivity index (χ4n) is 4.92. The molecule has 6 rings (SSSR count). The van der Waals surface area contributed by atoms with Gasteiger partial charge >= 0.3 is 0 Å². The molecule has 36 heavy (non-hydrogen) atoms. The van der Waals surface area contributed by atoms with Crippen molar-refractivity contribution in [2.75, 3.05) is 39.3 Å². The maximum absolute atomic E-state index is 13.6. The van der Waals surface area contributed by atoms with E-state index in [0.717, 1.165) is 30.0 Å². The fraction of sp³-hybridized carbons (Fsp3) is 0.259. The number of rotatable bonds is 5. The summed E-state index contributed by atoms with van der Waals surface area (Å²) in [7, 11) is 0. The minimum absolute atomic E-state index is 0.00451. The Labute approximate surface area is 213 Å². The van der Waals surface area contributed by atoms with E-state index in [4.69, 9.17) is 0 Å². The van der Waals surface area contributed by atoms with Gasteiger partial charge in [-0.05, 0) is 12.1 Å². The van der Waals surface area contributed by atoms with E-state index in [1.54, 1.807) is 12.4 Å². The SMILES string of the molecule is O=C(c1nccs1)N1CCN(C2CN(C(=O)c3cnn(-c4ccccc4)c3-c3ccccc3)C2)CC1. The highest BCUT2D eigenvalue weighted by atomic mass is 32.1. The quantitative estimate of drug-likeness (QED) is 0.422. The lowest BCUT2D eigenvalue weighted by Gasteiger charge is -2.48. The van der Waals surface area contributed by atoms with E-state index in [1.165, 1.54) is 11.3 Å². The molecule has 2 aromatic heterocycles. The van der Waals surface area contributed by atoms with Gasteiger partial charge in [-0.1, -0.05) is 48.5 Å². The molecule has 2 aliphatic rings. The molecule has 8 nitrogen and oxygen atoms in total. The van der Waals surface area contributed by atoms with Gasteiger partial charge < -0.3 is 9.80 Å². The van der Waals surface area contributed by atoms with Crippen LogP contribution in [0.25, 0.3) is 16.9 Å². The Bertz CT molecular complexity index is 1340. The van der Waals surface area contributed by atoms with Crippen molar-refractivity contribution < 1.29 is 9.59 Å². The van der Waals surface area contributed by atoms with E-state index in [0.29, 0.717) is 42.8 Å². The summed E-state index contributed by atoms with van der Waals surface area (Å²) in [6.07, 6.45) is 3.36. The van der Waals surface area contributed by atoms with Gasteiger partial charge in [-0.2, -0.15) is 5.10 Å². The maximum atomic E-state index is 13.6. The van der Waals surface area contributed by atoms with Crippen molar-refractivity contribution in [2.24, 2.45) is 0 Å². The first-order valence-electron chi connectivity index (χ1n) is 12.1. The third kappa shape index (κ3) is 4.20. The second kappa shape index (κ2) is 9.67. The lowest BCUT2D eigenvalue weighted by Crippen LogP contribution is -2.64. The van der Waals surface area contributed by atoms with Gasteiger partial charge in [0.2, 0.25) is 0 Å². The summed E-state index contributed by atoms with van der Waals surface area (Å²) in [4.78, 5) is 36.4. The molecule has 0 unspecified atom stereocenters. The Balaban J connectivity index is 1.13. The zero-order valence-electron chi connectivity index (χ0n) is 19.7. The van der Waals surface area contributed by atoms with Crippen LogP contribution in [-0.2, 0) is 0 Å². The van der Waals surface area contributed by atoms with E-state index in [1.807, 2.05) is 80.5 Å². The van der Waals surface area contributed by atoms with Gasteiger partial charge in [0.15, 0.2) is 5.01 Å². The molecule has 0 atom stereocenters. The number of hydrogen-bond donors (Lipinski definition) is 0. The minimum atomic E-state index is 0.00451. The number of nitrogens with zero attached hydrogens (tertiary/aromatic N) is 6. The number of carbonyl (C=O) groups is 2. The van der Waals surface area contributed by atoms with E-state index in [-0.39, 0.29) is 11.8 Å². The Hall–Kier alpha value is -3.82. The van der Waals surface area contributed by atoms with Crippen LogP contribution in [0, 0.1) is 0 Å². The maximum Gasteiger partial charge on any atom is 0.282 e. The Morgan fingerprint density at radius 1 is 0.833 bits per heavy atom. The minimum Gasteiger partial charge on any atom is -0.335 e. The lowest BCUT2D eigenvalue weighted by atomic mass is 10.0. The van der Waals surface area contributed by atoms with E-state index in [2.05, 4.69) is 15.0 Å². The molecule has 2 saturated heterocycles. The van der Waals surface area contributed by atoms with Crippen LogP contribution in [0.4, 0.5) is 0 Å². The molecule has 0 bridgehead atoms. The predicted molar refractivity (Wildman–Crippen MR) is 138 cm³/mol. The lowest BCUT2D eigenvalue weighted by molar-refractivity contribution is 0.00857. The van der Waals surface area contributed by atoms with Crippen LogP contribution in [0.1, 0.15) is 20.2 Å². The molecular weight excluding hydrogens is 472 g/mol. The molecule has 4 aromatic rings. The van der Waals surface area contributed by atoms with Gasteiger partial charge in [0.05, 0.1) is 23.1 Å². The summed E-state index contributed by atoms with van der Waals surface area (Å²) in [5, 5.41) is 6.98. The van der Waals surface area contributed by atoms with Gasteiger partial charge in [-0.25, -0.2) is 9.67 Å². The van der Waals surface area contributed by atoms with Crippen molar-refractivity contribution in [1.82, 2.24) is 29.5 Å². The number of para-hydroxylation sites is 1. The summed E-state index contributed by atoms with van der Waals surface area (Å²) in [5.41, 5.74) is 3.30. The molecule has 2 aliphatic heterocycles. The van der Waals surface area contributed by atoms with Crippen LogP contribution in [0.15, 0.2) is 78.4 Å². The van der Waals surface area contributed by atoms with Crippen LogP contribution in [-0.4, -0.2) is 86.6 Å². The number of piperazine rings is 1. The van der Waals surface area contributed by atoms with Gasteiger partial charge in [-0.3, -0.25) is 14.5 Å². The smallest absolute Gasteiger partial charge is 0.282 e. The number of thiazole rings is 1. The van der Waals surface area contributed by atoms with Crippen LogP contribution in [0.5, 0.6) is 0 Å². The molecule has 0 N–H and O–H groups in total. The summed E-state index contributed by atoms with van der Waals surface area (Å²) in [6, 6.07) is 20.2. The standard InChI is InChI=1S/C27H26N6O2S/c34-26(23-17-29-33(21-9-5-2-6-10-21)24(23)20-7-3-1-4-8-20)32-18-22(19-32)30-12-14-31(15-13-30)27(35)25-28-11-16-36-25/h1-11,16-17,22H,12-15,18-19H2. The van der Waals surface area contributed by atoms with E-state index in [9.17, 15) is 9.59 Å². The first kappa shape index (κ1) is 22.6. The highest BCUT2D eigenvalue weighted by Crippen LogP contribution is 2.29. The second-order valence-corrected chi connectivity index (χ2v) is 9.94. The summed E-state index contributed by atoms with van der Waals surface area (Å²) in [6.45, 7) is 4.36. The monoisotopic (exact) mass is 498 g/mol. The van der Waals surface area contributed by atoms with Gasteiger partial charge in [0.1, 0.15) is 0 Å². The Kier molecular flexibility index (Phi) is 6.08. The number of benzene rings is 2. The number of amides is 2. The average Bonchev–Trinajstić information content (AvgIpc) is 3.60. The van der Waals surface area contributed by atoms with Gasteiger partial charge in [-0.15, -0.1) is 11.3 Å². The van der Waals surface area contributed by atoms with E-state index < -0.39 is 0 Å². The molecule has 0 radical (unpaired) electrons. The van der Waals surface area contributed by atoms with Crippen molar-refractivity contribution in [2.45, 2.75) is 6.04 Å². The highest BCUT2D eigenvalue weighted by molar-refractivity contribution is 7.11. The zero-order chi connectivity index (χ0) is 24.5. The van der Waals surface area contributed by atoms with Crippen LogP contribution < -0.4 is 0 Å². The summed E-state index contributed by atoms with van der Waals surface area (Å²) < 4.78 is 1.85. The van der Waals surface area contributed by atoms with Crippen molar-refractivity contribution in [3.05, 3.63) is 89.0 Å². The molecule has 2 aromatic carbocycles. The van der Waals surface area contributed by atoms with Gasteiger partial charge in [0, 0.05) is 62.5 Å². The summed E-state index contributed by atoms with van der Waals surface area (Å²) >= 11 is 1.38. The third-order valence-corrected chi connectivity index (χ3v) is 7.69. The third-order valence-electron chi connectivity index (χ3n) is 6.93. The molecule has 9 heteroatoms.